The standard InChI is InChI=1S/C13H16F3N3O2/c1-2-3-9-6-10(18-8-17-9)19-5-4-12(7-19,11(20)21)13(14,15)16/h6,8H,2-5,7H2,1H3,(H,20,21). The Balaban J connectivity index is 2.25. The number of nitrogens with zero attached hydrogens (tertiary/aromatic N) is 3. The molecule has 0 aromatic carbocycles. The third kappa shape index (κ3) is 2.79. The summed E-state index contributed by atoms with van der Waals surface area (Å²) in [6.07, 6.45) is -2.40. The first-order valence-electron chi connectivity index (χ1n) is 6.66. The Labute approximate surface area is 119 Å². The number of carbonyl (C=O) groups is 1. The molecular formula is C13H16F3N3O2. The first kappa shape index (κ1) is 15.5. The number of aryl methyl sites for hydroxylation is 1. The number of hydrogen-bond donors (Lipinski definition) is 1. The summed E-state index contributed by atoms with van der Waals surface area (Å²) in [7, 11) is 0. The van der Waals surface area contributed by atoms with Crippen LogP contribution in [0.15, 0.2) is 12.4 Å². The highest BCUT2D eigenvalue weighted by molar-refractivity contribution is 5.77. The molecule has 21 heavy (non-hydrogen) atoms. The summed E-state index contributed by atoms with van der Waals surface area (Å²) in [5.41, 5.74) is -1.98. The SMILES string of the molecule is CCCc1cc(N2CCC(C(=O)O)(C(F)(F)F)C2)ncn1. The highest BCUT2D eigenvalue weighted by Gasteiger charge is 2.63. The van der Waals surface area contributed by atoms with Crippen LogP contribution < -0.4 is 4.90 Å². The topological polar surface area (TPSA) is 66.3 Å². The van der Waals surface area contributed by atoms with Crippen molar-refractivity contribution in [3.05, 3.63) is 18.1 Å². The highest BCUT2D eigenvalue weighted by atomic mass is 19.4. The minimum atomic E-state index is -4.78. The van der Waals surface area contributed by atoms with E-state index in [0.29, 0.717) is 12.2 Å². The Morgan fingerprint density at radius 2 is 2.19 bits per heavy atom. The van der Waals surface area contributed by atoms with Crippen LogP contribution in [0.1, 0.15) is 25.5 Å². The zero-order valence-corrected chi connectivity index (χ0v) is 11.5. The summed E-state index contributed by atoms with van der Waals surface area (Å²) in [5.74, 6) is -1.49. The Bertz CT molecular complexity index is 536. The molecule has 2 heterocycles. The van der Waals surface area contributed by atoms with Crippen LogP contribution in [0.3, 0.4) is 0 Å². The zero-order valence-electron chi connectivity index (χ0n) is 11.5. The first-order chi connectivity index (χ1) is 9.80. The van der Waals surface area contributed by atoms with Crippen molar-refractivity contribution in [3.8, 4) is 0 Å². The van der Waals surface area contributed by atoms with Gasteiger partial charge in [0.15, 0.2) is 5.41 Å². The minimum absolute atomic E-state index is 0.00832. The van der Waals surface area contributed by atoms with Crippen molar-refractivity contribution >= 4 is 11.8 Å². The maximum absolute atomic E-state index is 13.1. The van der Waals surface area contributed by atoms with Gasteiger partial charge >= 0.3 is 12.1 Å². The van der Waals surface area contributed by atoms with Crippen LogP contribution in [0.5, 0.6) is 0 Å². The molecule has 0 aliphatic carbocycles. The molecule has 8 heteroatoms. The van der Waals surface area contributed by atoms with E-state index in [9.17, 15) is 18.0 Å². The van der Waals surface area contributed by atoms with Crippen molar-refractivity contribution in [2.24, 2.45) is 5.41 Å². The predicted octanol–water partition coefficient (Wildman–Crippen LogP) is 2.27. The summed E-state index contributed by atoms with van der Waals surface area (Å²) in [4.78, 5) is 20.5. The first-order valence-corrected chi connectivity index (χ1v) is 6.66. The van der Waals surface area contributed by atoms with Gasteiger partial charge in [0.05, 0.1) is 0 Å². The molecule has 1 atom stereocenters. The molecule has 0 radical (unpaired) electrons. The molecule has 1 saturated heterocycles. The van der Waals surface area contributed by atoms with E-state index in [4.69, 9.17) is 5.11 Å². The van der Waals surface area contributed by atoms with Gasteiger partial charge in [-0.3, -0.25) is 4.79 Å². The van der Waals surface area contributed by atoms with Crippen LogP contribution >= 0.6 is 0 Å². The summed E-state index contributed by atoms with van der Waals surface area (Å²) in [5, 5.41) is 9.02. The fourth-order valence-corrected chi connectivity index (χ4v) is 2.48. The number of aliphatic carboxylic acids is 1. The molecule has 116 valence electrons. The molecule has 0 saturated carbocycles. The van der Waals surface area contributed by atoms with Crippen LogP contribution in [-0.4, -0.2) is 40.3 Å². The van der Waals surface area contributed by atoms with Gasteiger partial charge in [0.2, 0.25) is 0 Å². The van der Waals surface area contributed by atoms with Gasteiger partial charge in [0.1, 0.15) is 12.1 Å². The molecule has 1 aromatic heterocycles. The van der Waals surface area contributed by atoms with Gasteiger partial charge in [0.25, 0.3) is 0 Å². The molecule has 1 aliphatic heterocycles. The van der Waals surface area contributed by atoms with Gasteiger partial charge in [-0.05, 0) is 12.8 Å². The van der Waals surface area contributed by atoms with Crippen molar-refractivity contribution in [3.63, 3.8) is 0 Å². The van der Waals surface area contributed by atoms with Crippen molar-refractivity contribution in [1.29, 1.82) is 0 Å². The Morgan fingerprint density at radius 1 is 1.48 bits per heavy atom. The van der Waals surface area contributed by atoms with Gasteiger partial charge in [-0.1, -0.05) is 13.3 Å². The maximum atomic E-state index is 13.1. The fourth-order valence-electron chi connectivity index (χ4n) is 2.48. The molecule has 0 bridgehead atoms. The van der Waals surface area contributed by atoms with Gasteiger partial charge in [-0.25, -0.2) is 9.97 Å². The quantitative estimate of drug-likeness (QED) is 0.924. The number of hydrogen-bond acceptors (Lipinski definition) is 4. The minimum Gasteiger partial charge on any atom is -0.481 e. The van der Waals surface area contributed by atoms with E-state index in [1.165, 1.54) is 11.2 Å². The van der Waals surface area contributed by atoms with Gasteiger partial charge < -0.3 is 10.0 Å². The smallest absolute Gasteiger partial charge is 0.406 e. The average molecular weight is 303 g/mol. The molecule has 1 N–H and O–H groups in total. The molecule has 1 aromatic rings. The largest absolute Gasteiger partial charge is 0.481 e. The van der Waals surface area contributed by atoms with Gasteiger partial charge in [-0.15, -0.1) is 0 Å². The number of carboxylic acid groups (broad SMARTS) is 1. The van der Waals surface area contributed by atoms with Crippen molar-refractivity contribution in [1.82, 2.24) is 9.97 Å². The lowest BCUT2D eigenvalue weighted by atomic mass is 9.86. The third-order valence-corrected chi connectivity index (χ3v) is 3.76. The number of aromatic nitrogens is 2. The van der Waals surface area contributed by atoms with E-state index in [2.05, 4.69) is 9.97 Å². The number of rotatable bonds is 4. The number of halogens is 3. The molecule has 2 rings (SSSR count). The average Bonchev–Trinajstić information content (AvgIpc) is 2.85. The van der Waals surface area contributed by atoms with Crippen LogP contribution in [-0.2, 0) is 11.2 Å². The second kappa shape index (κ2) is 5.50. The monoisotopic (exact) mass is 303 g/mol. The Kier molecular flexibility index (Phi) is 4.06. The van der Waals surface area contributed by atoms with E-state index in [1.807, 2.05) is 6.92 Å². The van der Waals surface area contributed by atoms with E-state index in [-0.39, 0.29) is 6.54 Å². The zero-order chi connectivity index (χ0) is 15.7. The lowest BCUT2D eigenvalue weighted by molar-refractivity contribution is -0.225. The number of alkyl halides is 3. The summed E-state index contributed by atoms with van der Waals surface area (Å²) < 4.78 is 39.3. The van der Waals surface area contributed by atoms with Crippen LogP contribution in [0.4, 0.5) is 19.0 Å². The molecular weight excluding hydrogens is 287 g/mol. The highest BCUT2D eigenvalue weighted by Crippen LogP contribution is 2.46. The lowest BCUT2D eigenvalue weighted by Gasteiger charge is -2.27. The Morgan fingerprint density at radius 3 is 2.71 bits per heavy atom. The van der Waals surface area contributed by atoms with Crippen LogP contribution in [0.2, 0.25) is 0 Å². The van der Waals surface area contributed by atoms with E-state index in [1.54, 1.807) is 6.07 Å². The molecule has 0 amide bonds. The van der Waals surface area contributed by atoms with Crippen molar-refractivity contribution in [2.75, 3.05) is 18.0 Å². The normalized spacial score (nSPS) is 22.6. The van der Waals surface area contributed by atoms with Crippen LogP contribution in [0, 0.1) is 5.41 Å². The third-order valence-electron chi connectivity index (χ3n) is 3.76. The summed E-state index contributed by atoms with van der Waals surface area (Å²) in [6.45, 7) is 1.36. The predicted molar refractivity (Wildman–Crippen MR) is 69.0 cm³/mol. The molecule has 1 unspecified atom stereocenters. The second-order valence-electron chi connectivity index (χ2n) is 5.17. The Hall–Kier alpha value is -1.86. The molecule has 1 fully saturated rings. The van der Waals surface area contributed by atoms with Gasteiger partial charge in [0, 0.05) is 24.8 Å². The van der Waals surface area contributed by atoms with E-state index in [0.717, 1.165) is 12.1 Å². The van der Waals surface area contributed by atoms with E-state index >= 15 is 0 Å². The second-order valence-corrected chi connectivity index (χ2v) is 5.17. The molecule has 1 aliphatic rings. The van der Waals surface area contributed by atoms with Crippen LogP contribution in [0.25, 0.3) is 0 Å². The summed E-state index contributed by atoms with van der Waals surface area (Å²) >= 11 is 0. The molecule has 5 nitrogen and oxygen atoms in total. The van der Waals surface area contributed by atoms with Crippen molar-refractivity contribution in [2.45, 2.75) is 32.4 Å². The van der Waals surface area contributed by atoms with E-state index < -0.39 is 30.5 Å². The number of anilines is 1. The number of carboxylic acids is 1. The van der Waals surface area contributed by atoms with Crippen molar-refractivity contribution < 1.29 is 23.1 Å². The molecule has 0 spiro atoms. The summed E-state index contributed by atoms with van der Waals surface area (Å²) in [6, 6.07) is 1.62. The van der Waals surface area contributed by atoms with Gasteiger partial charge in [-0.2, -0.15) is 13.2 Å². The lowest BCUT2D eigenvalue weighted by Crippen LogP contribution is -2.47. The fraction of sp³-hybridized carbons (Fsp3) is 0.615. The maximum Gasteiger partial charge on any atom is 0.406 e.